The van der Waals surface area contributed by atoms with Crippen LogP contribution in [0.3, 0.4) is 0 Å². The number of hydrogen-bond acceptors (Lipinski definition) is 6. The molecule has 29 heavy (non-hydrogen) atoms. The molecule has 0 aliphatic rings. The number of ether oxygens (including phenoxy) is 1. The third-order valence-corrected chi connectivity index (χ3v) is 6.33. The van der Waals surface area contributed by atoms with Crippen LogP contribution < -0.4 is 10.0 Å². The van der Waals surface area contributed by atoms with Crippen molar-refractivity contribution in [3.8, 4) is 0 Å². The molecule has 0 saturated heterocycles. The van der Waals surface area contributed by atoms with Crippen molar-refractivity contribution in [1.29, 1.82) is 0 Å². The Morgan fingerprint density at radius 2 is 1.76 bits per heavy atom. The van der Waals surface area contributed by atoms with Crippen molar-refractivity contribution in [2.45, 2.75) is 30.6 Å². The van der Waals surface area contributed by atoms with Gasteiger partial charge in [0.15, 0.2) is 0 Å². The normalized spacial score (nSPS) is 11.2. The summed E-state index contributed by atoms with van der Waals surface area (Å²) >= 11 is 1.40. The lowest BCUT2D eigenvalue weighted by molar-refractivity contribution is -0.118. The van der Waals surface area contributed by atoms with Crippen molar-refractivity contribution in [2.75, 3.05) is 23.4 Å². The first-order valence-electron chi connectivity index (χ1n) is 8.79. The largest absolute Gasteiger partial charge is 0.465 e. The van der Waals surface area contributed by atoms with E-state index in [4.69, 9.17) is 0 Å². The van der Waals surface area contributed by atoms with Gasteiger partial charge in [-0.2, -0.15) is 0 Å². The van der Waals surface area contributed by atoms with Gasteiger partial charge in [0.05, 0.1) is 28.9 Å². The number of aryl methyl sites for hydroxylation is 1. The van der Waals surface area contributed by atoms with Gasteiger partial charge in [-0.05, 0) is 49.1 Å². The zero-order valence-corrected chi connectivity index (χ0v) is 18.5. The SMILES string of the molecule is COC(=O)c1ccc(C)c(NS(=O)(=O)c2ccc(SC)c(NC(=O)C(C)C)c2)c1. The average molecular weight is 437 g/mol. The quantitative estimate of drug-likeness (QED) is 0.504. The second-order valence-corrected chi connectivity index (χ2v) is 9.16. The molecule has 2 aromatic carbocycles. The fourth-order valence-electron chi connectivity index (χ4n) is 2.41. The number of anilines is 2. The van der Waals surface area contributed by atoms with Crippen LogP contribution in [0, 0.1) is 12.8 Å². The molecule has 0 saturated carbocycles. The number of esters is 1. The summed E-state index contributed by atoms with van der Waals surface area (Å²) in [5.74, 6) is -1.01. The second kappa shape index (κ2) is 9.32. The Bertz CT molecular complexity index is 1030. The Kier molecular flexibility index (Phi) is 7.32. The van der Waals surface area contributed by atoms with E-state index in [1.165, 1.54) is 37.1 Å². The van der Waals surface area contributed by atoms with Crippen LogP contribution in [0.2, 0.25) is 0 Å². The number of benzene rings is 2. The smallest absolute Gasteiger partial charge is 0.337 e. The molecule has 0 aliphatic carbocycles. The first-order chi connectivity index (χ1) is 13.6. The van der Waals surface area contributed by atoms with Gasteiger partial charge in [0, 0.05) is 10.8 Å². The van der Waals surface area contributed by atoms with E-state index in [0.717, 1.165) is 4.90 Å². The fraction of sp³-hybridized carbons (Fsp3) is 0.300. The van der Waals surface area contributed by atoms with Crippen molar-refractivity contribution >= 4 is 45.0 Å². The van der Waals surface area contributed by atoms with Crippen molar-refractivity contribution < 1.29 is 22.7 Å². The van der Waals surface area contributed by atoms with Crippen LogP contribution >= 0.6 is 11.8 Å². The lowest BCUT2D eigenvalue weighted by Gasteiger charge is -2.15. The topological polar surface area (TPSA) is 102 Å². The summed E-state index contributed by atoms with van der Waals surface area (Å²) in [4.78, 5) is 24.6. The van der Waals surface area contributed by atoms with Crippen molar-refractivity contribution in [2.24, 2.45) is 5.92 Å². The summed E-state index contributed by atoms with van der Waals surface area (Å²) in [6, 6.07) is 9.16. The van der Waals surface area contributed by atoms with Crippen LogP contribution in [0.25, 0.3) is 0 Å². The van der Waals surface area contributed by atoms with Gasteiger partial charge in [0.25, 0.3) is 10.0 Å². The predicted octanol–water partition coefficient (Wildman–Crippen LogP) is 3.90. The molecule has 0 spiro atoms. The third-order valence-electron chi connectivity index (χ3n) is 4.17. The van der Waals surface area contributed by atoms with Gasteiger partial charge in [0.1, 0.15) is 0 Å². The standard InChI is InChI=1S/C20H24N2O5S2/c1-12(2)19(23)21-17-11-15(8-9-18(17)28-5)29(25,26)22-16-10-14(20(24)27-4)7-6-13(16)3/h6-12,22H,1-5H3,(H,21,23). The van der Waals surface area contributed by atoms with Gasteiger partial charge in [-0.1, -0.05) is 19.9 Å². The molecule has 0 heterocycles. The monoisotopic (exact) mass is 436 g/mol. The van der Waals surface area contributed by atoms with Crippen molar-refractivity contribution in [3.63, 3.8) is 0 Å². The lowest BCUT2D eigenvalue weighted by atomic mass is 10.1. The number of carbonyl (C=O) groups excluding carboxylic acids is 2. The summed E-state index contributed by atoms with van der Waals surface area (Å²) < 4.78 is 33.1. The first kappa shape index (κ1) is 22.8. The Morgan fingerprint density at radius 1 is 1.07 bits per heavy atom. The van der Waals surface area contributed by atoms with Crippen LogP contribution in [0.5, 0.6) is 0 Å². The predicted molar refractivity (Wildman–Crippen MR) is 115 cm³/mol. The Balaban J connectivity index is 2.41. The number of hydrogen-bond donors (Lipinski definition) is 2. The highest BCUT2D eigenvalue weighted by Gasteiger charge is 2.19. The van der Waals surface area contributed by atoms with E-state index < -0.39 is 16.0 Å². The molecule has 0 bridgehead atoms. The first-order valence-corrected chi connectivity index (χ1v) is 11.5. The third kappa shape index (κ3) is 5.51. The van der Waals surface area contributed by atoms with E-state index in [-0.39, 0.29) is 28.0 Å². The van der Waals surface area contributed by atoms with Crippen molar-refractivity contribution in [3.05, 3.63) is 47.5 Å². The fourth-order valence-corrected chi connectivity index (χ4v) is 4.09. The molecule has 7 nitrogen and oxygen atoms in total. The lowest BCUT2D eigenvalue weighted by Crippen LogP contribution is -2.19. The van der Waals surface area contributed by atoms with E-state index in [2.05, 4.69) is 14.8 Å². The Hall–Kier alpha value is -2.52. The molecule has 0 unspecified atom stereocenters. The van der Waals surface area contributed by atoms with Gasteiger partial charge in [-0.3, -0.25) is 9.52 Å². The Labute approximate surface area is 175 Å². The van der Waals surface area contributed by atoms with Gasteiger partial charge >= 0.3 is 5.97 Å². The molecule has 2 N–H and O–H groups in total. The van der Waals surface area contributed by atoms with Crippen LogP contribution in [-0.4, -0.2) is 33.7 Å². The number of thioether (sulfide) groups is 1. The van der Waals surface area contributed by atoms with E-state index in [9.17, 15) is 18.0 Å². The van der Waals surface area contributed by atoms with Gasteiger partial charge in [-0.25, -0.2) is 13.2 Å². The molecule has 156 valence electrons. The Morgan fingerprint density at radius 3 is 2.34 bits per heavy atom. The highest BCUT2D eigenvalue weighted by molar-refractivity contribution is 7.98. The zero-order chi connectivity index (χ0) is 21.8. The van der Waals surface area contributed by atoms with Crippen LogP contribution in [0.1, 0.15) is 29.8 Å². The zero-order valence-electron chi connectivity index (χ0n) is 16.9. The van der Waals surface area contributed by atoms with E-state index in [1.54, 1.807) is 39.0 Å². The summed E-state index contributed by atoms with van der Waals surface area (Å²) in [5.41, 5.74) is 1.59. The van der Waals surface area contributed by atoms with Crippen LogP contribution in [0.4, 0.5) is 11.4 Å². The van der Waals surface area contributed by atoms with E-state index in [0.29, 0.717) is 11.3 Å². The molecular weight excluding hydrogens is 412 g/mol. The summed E-state index contributed by atoms with van der Waals surface area (Å²) in [5, 5.41) is 2.77. The number of rotatable bonds is 7. The van der Waals surface area contributed by atoms with Crippen molar-refractivity contribution in [1.82, 2.24) is 0 Å². The number of methoxy groups -OCH3 is 1. The molecule has 0 atom stereocenters. The van der Waals surface area contributed by atoms with Gasteiger partial charge < -0.3 is 10.1 Å². The molecule has 0 fully saturated rings. The number of sulfonamides is 1. The van der Waals surface area contributed by atoms with Gasteiger partial charge in [-0.15, -0.1) is 11.8 Å². The molecule has 2 rings (SSSR count). The molecule has 0 aliphatic heterocycles. The minimum atomic E-state index is -3.95. The summed E-state index contributed by atoms with van der Waals surface area (Å²) in [6.07, 6.45) is 1.84. The average Bonchev–Trinajstić information content (AvgIpc) is 2.68. The summed E-state index contributed by atoms with van der Waals surface area (Å²) in [7, 11) is -2.69. The molecule has 0 radical (unpaired) electrons. The van der Waals surface area contributed by atoms with E-state index in [1.807, 2.05) is 6.26 Å². The maximum Gasteiger partial charge on any atom is 0.337 e. The molecule has 2 aromatic rings. The minimum absolute atomic E-state index is 0.00257. The van der Waals surface area contributed by atoms with Crippen LogP contribution in [-0.2, 0) is 19.6 Å². The van der Waals surface area contributed by atoms with Crippen LogP contribution in [0.15, 0.2) is 46.2 Å². The summed E-state index contributed by atoms with van der Waals surface area (Å²) in [6.45, 7) is 5.24. The van der Waals surface area contributed by atoms with E-state index >= 15 is 0 Å². The maximum atomic E-state index is 12.9. The molecule has 1 amide bonds. The molecule has 0 aromatic heterocycles. The maximum absolute atomic E-state index is 12.9. The van der Waals surface area contributed by atoms with Gasteiger partial charge in [0.2, 0.25) is 5.91 Å². The number of carbonyl (C=O) groups is 2. The molecular formula is C20H24N2O5S2. The molecule has 9 heteroatoms. The highest BCUT2D eigenvalue weighted by Crippen LogP contribution is 2.30. The highest BCUT2D eigenvalue weighted by atomic mass is 32.2. The second-order valence-electron chi connectivity index (χ2n) is 6.63. The minimum Gasteiger partial charge on any atom is -0.465 e. The number of nitrogens with one attached hydrogen (secondary N) is 2. The number of amides is 1.